The molecule has 0 N–H and O–H groups in total. The van der Waals surface area contributed by atoms with Crippen molar-refractivity contribution in [1.29, 1.82) is 0 Å². The predicted octanol–water partition coefficient (Wildman–Crippen LogP) is 2.59. The van der Waals surface area contributed by atoms with Crippen molar-refractivity contribution < 1.29 is 14.3 Å². The van der Waals surface area contributed by atoms with Crippen molar-refractivity contribution in [2.45, 2.75) is 51.4 Å². The lowest BCUT2D eigenvalue weighted by Crippen LogP contribution is -2.40. The normalized spacial score (nSPS) is 21.8. The third-order valence-corrected chi connectivity index (χ3v) is 5.24. The minimum atomic E-state index is -0.310. The van der Waals surface area contributed by atoms with Gasteiger partial charge in [0.05, 0.1) is 23.9 Å². The number of likely N-dealkylation sites (tertiary alicyclic amines) is 2. The van der Waals surface area contributed by atoms with Gasteiger partial charge in [0.25, 0.3) is 0 Å². The average Bonchev–Trinajstić information content (AvgIpc) is 3.34. The van der Waals surface area contributed by atoms with Crippen LogP contribution < -0.4 is 0 Å². The summed E-state index contributed by atoms with van der Waals surface area (Å²) in [5.41, 5.74) is 2.06. The van der Waals surface area contributed by atoms with Crippen LogP contribution in [-0.4, -0.2) is 56.3 Å². The zero-order chi connectivity index (χ0) is 19.0. The third-order valence-electron chi connectivity index (χ3n) is 5.24. The number of nitrogens with zero attached hydrogens (tertiary/aromatic N) is 4. The number of aromatic nitrogens is 2. The molecule has 7 nitrogen and oxygen atoms in total. The minimum absolute atomic E-state index is 0.0722. The van der Waals surface area contributed by atoms with Crippen molar-refractivity contribution in [2.75, 3.05) is 6.54 Å². The standard InChI is InChI=1S/C20H24N4O3/c1-14(2)27-20(26)22-11-8-17-18(22)12-19(25)23(17)13-15-4-6-16(7-5-15)24-10-3-9-21-24/h3-7,9-10,14,17-18H,8,11-13H2,1-2H3/t17-,18-/m0/s1. The second-order valence-corrected chi connectivity index (χ2v) is 7.39. The summed E-state index contributed by atoms with van der Waals surface area (Å²) in [4.78, 5) is 28.5. The van der Waals surface area contributed by atoms with Crippen molar-refractivity contribution in [3.05, 3.63) is 48.3 Å². The van der Waals surface area contributed by atoms with E-state index in [-0.39, 0.29) is 30.2 Å². The molecule has 2 aromatic rings. The van der Waals surface area contributed by atoms with E-state index >= 15 is 0 Å². The molecule has 0 spiro atoms. The van der Waals surface area contributed by atoms with E-state index in [0.717, 1.165) is 17.7 Å². The first-order valence-electron chi connectivity index (χ1n) is 9.38. The quantitative estimate of drug-likeness (QED) is 0.832. The molecule has 27 heavy (non-hydrogen) atoms. The van der Waals surface area contributed by atoms with E-state index in [0.29, 0.717) is 19.5 Å². The summed E-state index contributed by atoms with van der Waals surface area (Å²) in [6, 6.07) is 9.93. The van der Waals surface area contributed by atoms with Crippen LogP contribution in [0.1, 0.15) is 32.3 Å². The van der Waals surface area contributed by atoms with E-state index < -0.39 is 0 Å². The van der Waals surface area contributed by atoms with Crippen LogP contribution in [0.15, 0.2) is 42.7 Å². The Kier molecular flexibility index (Phi) is 4.59. The predicted molar refractivity (Wildman–Crippen MR) is 99.2 cm³/mol. The maximum Gasteiger partial charge on any atom is 0.410 e. The summed E-state index contributed by atoms with van der Waals surface area (Å²) in [7, 11) is 0. The Morgan fingerprint density at radius 3 is 2.70 bits per heavy atom. The highest BCUT2D eigenvalue weighted by atomic mass is 16.6. The SMILES string of the molecule is CC(C)OC(=O)N1CC[C@H]2[C@@H]1CC(=O)N2Cc1ccc(-n2cccn2)cc1. The van der Waals surface area contributed by atoms with Gasteiger partial charge in [0.2, 0.25) is 5.91 Å². The van der Waals surface area contributed by atoms with E-state index in [1.165, 1.54) is 0 Å². The van der Waals surface area contributed by atoms with Gasteiger partial charge >= 0.3 is 6.09 Å². The molecule has 0 saturated carbocycles. The second-order valence-electron chi connectivity index (χ2n) is 7.39. The summed E-state index contributed by atoms with van der Waals surface area (Å²) in [6.07, 6.45) is 4.35. The maximum atomic E-state index is 12.6. The molecule has 2 atom stereocenters. The first-order valence-corrected chi connectivity index (χ1v) is 9.38. The Morgan fingerprint density at radius 1 is 1.26 bits per heavy atom. The van der Waals surface area contributed by atoms with Crippen molar-refractivity contribution in [3.8, 4) is 5.69 Å². The number of ether oxygens (including phenoxy) is 1. The van der Waals surface area contributed by atoms with Gasteiger partial charge in [-0.2, -0.15) is 5.10 Å². The fourth-order valence-electron chi connectivity index (χ4n) is 4.00. The molecular formula is C20H24N4O3. The van der Waals surface area contributed by atoms with Crippen LogP contribution in [0, 0.1) is 0 Å². The van der Waals surface area contributed by atoms with Gasteiger partial charge in [-0.15, -0.1) is 0 Å². The van der Waals surface area contributed by atoms with Gasteiger partial charge in [-0.05, 0) is 44.0 Å². The molecule has 1 aromatic carbocycles. The summed E-state index contributed by atoms with van der Waals surface area (Å²) < 4.78 is 7.13. The van der Waals surface area contributed by atoms with E-state index in [4.69, 9.17) is 4.74 Å². The molecular weight excluding hydrogens is 344 g/mol. The number of carbonyl (C=O) groups excluding carboxylic acids is 2. The molecule has 2 aliphatic heterocycles. The molecule has 0 bridgehead atoms. The Labute approximate surface area is 158 Å². The second kappa shape index (κ2) is 7.06. The van der Waals surface area contributed by atoms with E-state index in [2.05, 4.69) is 5.10 Å². The van der Waals surface area contributed by atoms with Crippen LogP contribution in [0.2, 0.25) is 0 Å². The Hall–Kier alpha value is -2.83. The number of amides is 2. The van der Waals surface area contributed by atoms with E-state index in [1.807, 2.05) is 55.3 Å². The van der Waals surface area contributed by atoms with Crippen LogP contribution in [-0.2, 0) is 16.1 Å². The molecule has 2 aliphatic rings. The third kappa shape index (κ3) is 3.41. The topological polar surface area (TPSA) is 67.7 Å². The van der Waals surface area contributed by atoms with Crippen molar-refractivity contribution >= 4 is 12.0 Å². The summed E-state index contributed by atoms with van der Waals surface area (Å²) in [6.45, 7) is 4.88. The number of carbonyl (C=O) groups is 2. The lowest BCUT2D eigenvalue weighted by molar-refractivity contribution is -0.129. The number of rotatable bonds is 4. The lowest BCUT2D eigenvalue weighted by Gasteiger charge is -2.25. The number of fused-ring (bicyclic) bond motifs is 1. The average molecular weight is 368 g/mol. The van der Waals surface area contributed by atoms with E-state index in [1.54, 1.807) is 15.8 Å². The zero-order valence-corrected chi connectivity index (χ0v) is 15.6. The molecule has 0 aliphatic carbocycles. The van der Waals surface area contributed by atoms with Crippen molar-refractivity contribution in [1.82, 2.24) is 19.6 Å². The molecule has 0 radical (unpaired) electrons. The van der Waals surface area contributed by atoms with Gasteiger partial charge in [0.1, 0.15) is 0 Å². The molecule has 2 amide bonds. The fraction of sp³-hybridized carbons (Fsp3) is 0.450. The molecule has 0 unspecified atom stereocenters. The van der Waals surface area contributed by atoms with Gasteiger partial charge in [-0.25, -0.2) is 9.48 Å². The number of benzene rings is 1. The molecule has 7 heteroatoms. The van der Waals surface area contributed by atoms with Gasteiger partial charge in [-0.1, -0.05) is 12.1 Å². The fourth-order valence-corrected chi connectivity index (χ4v) is 4.00. The highest BCUT2D eigenvalue weighted by Gasteiger charge is 2.48. The summed E-state index contributed by atoms with van der Waals surface area (Å²) in [5, 5.41) is 4.22. The van der Waals surface area contributed by atoms with E-state index in [9.17, 15) is 9.59 Å². The first kappa shape index (κ1) is 17.6. The lowest BCUT2D eigenvalue weighted by atomic mass is 10.1. The highest BCUT2D eigenvalue weighted by molar-refractivity contribution is 5.82. The molecule has 2 saturated heterocycles. The summed E-state index contributed by atoms with van der Waals surface area (Å²) >= 11 is 0. The van der Waals surface area contributed by atoms with Crippen molar-refractivity contribution in [2.24, 2.45) is 0 Å². The maximum absolute atomic E-state index is 12.6. The van der Waals surface area contributed by atoms with Gasteiger partial charge in [-0.3, -0.25) is 4.79 Å². The molecule has 4 rings (SSSR count). The van der Waals surface area contributed by atoms with Crippen LogP contribution >= 0.6 is 0 Å². The van der Waals surface area contributed by atoms with Gasteiger partial charge in [0, 0.05) is 31.9 Å². The van der Waals surface area contributed by atoms with Crippen molar-refractivity contribution in [3.63, 3.8) is 0 Å². The molecule has 1 aromatic heterocycles. The summed E-state index contributed by atoms with van der Waals surface area (Å²) in [5.74, 6) is 0.100. The number of hydrogen-bond donors (Lipinski definition) is 0. The Morgan fingerprint density at radius 2 is 2.04 bits per heavy atom. The number of hydrogen-bond acceptors (Lipinski definition) is 4. The van der Waals surface area contributed by atoms with Gasteiger partial charge < -0.3 is 14.5 Å². The Balaban J connectivity index is 1.44. The molecule has 3 heterocycles. The van der Waals surface area contributed by atoms with Crippen LogP contribution in [0.25, 0.3) is 5.69 Å². The van der Waals surface area contributed by atoms with Gasteiger partial charge in [0.15, 0.2) is 0 Å². The smallest absolute Gasteiger partial charge is 0.410 e. The van der Waals surface area contributed by atoms with Crippen LogP contribution in [0.5, 0.6) is 0 Å². The minimum Gasteiger partial charge on any atom is -0.447 e. The zero-order valence-electron chi connectivity index (χ0n) is 15.6. The van der Waals surface area contributed by atoms with Crippen LogP contribution in [0.4, 0.5) is 4.79 Å². The highest BCUT2D eigenvalue weighted by Crippen LogP contribution is 2.34. The van der Waals surface area contributed by atoms with Crippen LogP contribution in [0.3, 0.4) is 0 Å². The monoisotopic (exact) mass is 368 g/mol. The first-order chi connectivity index (χ1) is 13.0. The molecule has 142 valence electrons. The molecule has 2 fully saturated rings. The Bertz CT molecular complexity index is 816. The largest absolute Gasteiger partial charge is 0.447 e.